The van der Waals surface area contributed by atoms with Gasteiger partial charge >= 0.3 is 0 Å². The fourth-order valence-corrected chi connectivity index (χ4v) is 3.60. The topological polar surface area (TPSA) is 42.2 Å². The zero-order valence-electron chi connectivity index (χ0n) is 13.4. The van der Waals surface area contributed by atoms with E-state index in [1.165, 1.54) is 44.9 Å². The molecule has 0 bridgehead atoms. The highest BCUT2D eigenvalue weighted by Gasteiger charge is 2.25. The third kappa shape index (κ3) is 5.71. The minimum atomic E-state index is 0.00890. The van der Waals surface area contributed by atoms with Crippen LogP contribution in [0.3, 0.4) is 0 Å². The quantitative estimate of drug-likeness (QED) is 0.644. The molecule has 1 fully saturated rings. The van der Waals surface area contributed by atoms with Gasteiger partial charge in [-0.25, -0.2) is 0 Å². The summed E-state index contributed by atoms with van der Waals surface area (Å²) in [6, 6.07) is 2.12. The van der Waals surface area contributed by atoms with Gasteiger partial charge in [-0.2, -0.15) is 5.26 Å². The van der Waals surface area contributed by atoms with Crippen LogP contribution in [-0.2, 0) is 9.47 Å². The van der Waals surface area contributed by atoms with Crippen molar-refractivity contribution in [3.8, 4) is 6.07 Å². The molecule has 0 saturated heterocycles. The molecule has 0 aliphatic heterocycles. The van der Waals surface area contributed by atoms with Crippen molar-refractivity contribution in [2.24, 2.45) is 11.8 Å². The number of ether oxygens (including phenoxy) is 2. The van der Waals surface area contributed by atoms with Crippen LogP contribution in [0.2, 0.25) is 0 Å². The van der Waals surface area contributed by atoms with Gasteiger partial charge in [0.15, 0.2) is 0 Å². The SMILES string of the molecule is CC(CC#N)OCCOC1=CCC(C2CCCCC2)CC1. The van der Waals surface area contributed by atoms with Crippen LogP contribution < -0.4 is 0 Å². The standard InChI is InChI=1S/C18H29NO2/c1-15(11-12-19)20-13-14-21-18-9-7-17(8-10-18)16-5-3-2-4-6-16/h9,15-17H,2-8,10-11,13-14H2,1H3. The molecule has 2 unspecified atom stereocenters. The molecule has 2 atom stereocenters. The van der Waals surface area contributed by atoms with Crippen LogP contribution >= 0.6 is 0 Å². The van der Waals surface area contributed by atoms with Crippen molar-refractivity contribution in [3.05, 3.63) is 11.8 Å². The Bertz CT molecular complexity index is 366. The average Bonchev–Trinajstić information content (AvgIpc) is 2.53. The zero-order chi connectivity index (χ0) is 14.9. The second kappa shape index (κ2) is 9.10. The lowest BCUT2D eigenvalue weighted by Gasteiger charge is -2.32. The van der Waals surface area contributed by atoms with Crippen molar-refractivity contribution < 1.29 is 9.47 Å². The van der Waals surface area contributed by atoms with Gasteiger partial charge in [-0.15, -0.1) is 0 Å². The molecule has 0 aromatic carbocycles. The average molecular weight is 291 g/mol. The Morgan fingerprint density at radius 2 is 2.00 bits per heavy atom. The number of rotatable bonds is 7. The fraction of sp³-hybridized carbons (Fsp3) is 0.833. The van der Waals surface area contributed by atoms with Crippen LogP contribution in [0.1, 0.15) is 64.7 Å². The summed E-state index contributed by atoms with van der Waals surface area (Å²) in [6.07, 6.45) is 13.6. The number of hydrogen-bond acceptors (Lipinski definition) is 3. The molecule has 0 N–H and O–H groups in total. The van der Waals surface area contributed by atoms with Gasteiger partial charge in [-0.1, -0.05) is 32.1 Å². The zero-order valence-corrected chi connectivity index (χ0v) is 13.4. The van der Waals surface area contributed by atoms with Gasteiger partial charge in [-0.3, -0.25) is 0 Å². The van der Waals surface area contributed by atoms with E-state index in [1.54, 1.807) is 0 Å². The number of nitrogens with zero attached hydrogens (tertiary/aromatic N) is 1. The molecule has 3 heteroatoms. The van der Waals surface area contributed by atoms with Gasteiger partial charge in [0.05, 0.1) is 31.0 Å². The van der Waals surface area contributed by atoms with E-state index in [9.17, 15) is 0 Å². The summed E-state index contributed by atoms with van der Waals surface area (Å²) in [7, 11) is 0. The lowest BCUT2D eigenvalue weighted by molar-refractivity contribution is 0.0287. The Hall–Kier alpha value is -1.01. The molecule has 0 aromatic heterocycles. The normalized spacial score (nSPS) is 25.0. The van der Waals surface area contributed by atoms with E-state index in [4.69, 9.17) is 14.7 Å². The minimum absolute atomic E-state index is 0.00890. The van der Waals surface area contributed by atoms with Gasteiger partial charge in [0.2, 0.25) is 0 Å². The van der Waals surface area contributed by atoms with E-state index in [0.29, 0.717) is 19.6 Å². The minimum Gasteiger partial charge on any atom is -0.496 e. The van der Waals surface area contributed by atoms with E-state index in [2.05, 4.69) is 12.1 Å². The van der Waals surface area contributed by atoms with Crippen LogP contribution in [0, 0.1) is 23.2 Å². The Labute approximate surface area is 129 Å². The van der Waals surface area contributed by atoms with Crippen molar-refractivity contribution in [1.82, 2.24) is 0 Å². The first kappa shape index (κ1) is 16.4. The summed E-state index contributed by atoms with van der Waals surface area (Å²) in [6.45, 7) is 3.11. The number of nitriles is 1. The van der Waals surface area contributed by atoms with Crippen LogP contribution in [0.5, 0.6) is 0 Å². The molecule has 0 radical (unpaired) electrons. The summed E-state index contributed by atoms with van der Waals surface area (Å²) in [5, 5.41) is 8.56. The molecule has 2 aliphatic rings. The summed E-state index contributed by atoms with van der Waals surface area (Å²) < 4.78 is 11.3. The third-order valence-corrected chi connectivity index (χ3v) is 4.88. The number of hydrogen-bond donors (Lipinski definition) is 0. The van der Waals surface area contributed by atoms with Gasteiger partial charge in [-0.05, 0) is 37.7 Å². The number of allylic oxidation sites excluding steroid dienone is 2. The Morgan fingerprint density at radius 1 is 1.19 bits per heavy atom. The predicted octanol–water partition coefficient (Wildman–Crippen LogP) is 4.59. The highest BCUT2D eigenvalue weighted by atomic mass is 16.5. The first-order chi connectivity index (χ1) is 10.3. The van der Waals surface area contributed by atoms with Crippen LogP contribution in [0.25, 0.3) is 0 Å². The van der Waals surface area contributed by atoms with E-state index >= 15 is 0 Å². The van der Waals surface area contributed by atoms with E-state index < -0.39 is 0 Å². The molecule has 21 heavy (non-hydrogen) atoms. The monoisotopic (exact) mass is 291 g/mol. The van der Waals surface area contributed by atoms with Gasteiger partial charge in [0.25, 0.3) is 0 Å². The molecule has 3 nitrogen and oxygen atoms in total. The highest BCUT2D eigenvalue weighted by Crippen LogP contribution is 2.37. The second-order valence-corrected chi connectivity index (χ2v) is 6.50. The molecule has 0 aromatic rings. The predicted molar refractivity (Wildman–Crippen MR) is 83.6 cm³/mol. The maximum Gasteiger partial charge on any atom is 0.111 e. The summed E-state index contributed by atoms with van der Waals surface area (Å²) >= 11 is 0. The fourth-order valence-electron chi connectivity index (χ4n) is 3.60. The van der Waals surface area contributed by atoms with Crippen LogP contribution in [0.15, 0.2) is 11.8 Å². The van der Waals surface area contributed by atoms with Crippen molar-refractivity contribution in [2.45, 2.75) is 70.8 Å². The summed E-state index contributed by atoms with van der Waals surface area (Å²) in [5.41, 5.74) is 0. The molecule has 0 spiro atoms. The first-order valence-corrected chi connectivity index (χ1v) is 8.60. The van der Waals surface area contributed by atoms with E-state index in [-0.39, 0.29) is 6.10 Å². The van der Waals surface area contributed by atoms with Crippen molar-refractivity contribution in [2.75, 3.05) is 13.2 Å². The lowest BCUT2D eigenvalue weighted by Crippen LogP contribution is -2.20. The lowest BCUT2D eigenvalue weighted by atomic mass is 9.75. The van der Waals surface area contributed by atoms with Crippen LogP contribution in [0.4, 0.5) is 0 Å². The maximum absolute atomic E-state index is 8.56. The summed E-state index contributed by atoms with van der Waals surface area (Å²) in [4.78, 5) is 0. The van der Waals surface area contributed by atoms with Crippen molar-refractivity contribution in [1.29, 1.82) is 5.26 Å². The Kier molecular flexibility index (Phi) is 7.09. The highest BCUT2D eigenvalue weighted by molar-refractivity contribution is 5.00. The molecular weight excluding hydrogens is 262 g/mol. The van der Waals surface area contributed by atoms with Crippen molar-refractivity contribution in [3.63, 3.8) is 0 Å². The van der Waals surface area contributed by atoms with Gasteiger partial charge in [0, 0.05) is 6.42 Å². The molecule has 2 aliphatic carbocycles. The Balaban J connectivity index is 1.60. The second-order valence-electron chi connectivity index (χ2n) is 6.50. The third-order valence-electron chi connectivity index (χ3n) is 4.88. The van der Waals surface area contributed by atoms with Crippen LogP contribution in [-0.4, -0.2) is 19.3 Å². The molecule has 0 heterocycles. The molecule has 1 saturated carbocycles. The molecule has 118 valence electrons. The maximum atomic E-state index is 8.56. The smallest absolute Gasteiger partial charge is 0.111 e. The molecule has 2 rings (SSSR count). The van der Waals surface area contributed by atoms with E-state index in [1.807, 2.05) is 6.92 Å². The van der Waals surface area contributed by atoms with Crippen molar-refractivity contribution >= 4 is 0 Å². The first-order valence-electron chi connectivity index (χ1n) is 8.60. The van der Waals surface area contributed by atoms with Gasteiger partial charge < -0.3 is 9.47 Å². The Morgan fingerprint density at radius 3 is 2.67 bits per heavy atom. The summed E-state index contributed by atoms with van der Waals surface area (Å²) in [5.74, 6) is 3.01. The van der Waals surface area contributed by atoms with Gasteiger partial charge in [0.1, 0.15) is 6.61 Å². The largest absolute Gasteiger partial charge is 0.496 e. The molecule has 0 amide bonds. The van der Waals surface area contributed by atoms with E-state index in [0.717, 1.165) is 24.0 Å². The molecular formula is C18H29NO2.